The molecule has 2 heterocycles. The zero-order valence-corrected chi connectivity index (χ0v) is 9.60. The van der Waals surface area contributed by atoms with Crippen LogP contribution in [0.4, 0.5) is 4.39 Å². The number of hydrogen-bond donors (Lipinski definition) is 2. The number of nitrogens with zero attached hydrogens (tertiary/aromatic N) is 1. The Bertz CT molecular complexity index is 380. The van der Waals surface area contributed by atoms with Gasteiger partial charge in [0.1, 0.15) is 0 Å². The molecular weight excluding hydrogens is 231 g/mol. The fraction of sp³-hybridized carbons (Fsp3) is 0.545. The second-order valence-corrected chi connectivity index (χ2v) is 4.72. The van der Waals surface area contributed by atoms with Crippen molar-refractivity contribution in [2.75, 3.05) is 13.1 Å². The topological polar surface area (TPSA) is 45.2 Å². The number of aliphatic hydroxyl groups is 1. The summed E-state index contributed by atoms with van der Waals surface area (Å²) in [6.45, 7) is 1.39. The zero-order valence-electron chi connectivity index (χ0n) is 8.84. The molecule has 1 saturated heterocycles. The number of piperidine rings is 1. The van der Waals surface area contributed by atoms with Gasteiger partial charge in [0, 0.05) is 24.7 Å². The quantitative estimate of drug-likeness (QED) is 0.776. The van der Waals surface area contributed by atoms with Crippen LogP contribution < -0.4 is 5.32 Å². The summed E-state index contributed by atoms with van der Waals surface area (Å²) in [5.74, 6) is -0.552. The molecule has 1 aromatic heterocycles. The van der Waals surface area contributed by atoms with Gasteiger partial charge in [-0.2, -0.15) is 4.39 Å². The highest BCUT2D eigenvalue weighted by atomic mass is 35.5. The van der Waals surface area contributed by atoms with E-state index in [0.29, 0.717) is 23.6 Å². The minimum absolute atomic E-state index is 0.249. The van der Waals surface area contributed by atoms with E-state index in [0.717, 1.165) is 13.0 Å². The Kier molecular flexibility index (Phi) is 3.42. The molecule has 16 heavy (non-hydrogen) atoms. The molecule has 0 amide bonds. The first-order valence-electron chi connectivity index (χ1n) is 5.32. The maximum absolute atomic E-state index is 13.4. The predicted octanol–water partition coefficient (Wildman–Crippen LogP) is 1.53. The SMILES string of the molecule is OC1(Cc2cc(Cl)cnc2F)CCCNC1. The molecule has 1 aliphatic rings. The van der Waals surface area contributed by atoms with Gasteiger partial charge in [-0.15, -0.1) is 0 Å². The summed E-state index contributed by atoms with van der Waals surface area (Å²) in [7, 11) is 0. The molecule has 5 heteroatoms. The number of β-amino-alcohol motifs (C(OH)–C–C–N with tert-alkyl or cyclic N) is 1. The van der Waals surface area contributed by atoms with Crippen LogP contribution in [0.25, 0.3) is 0 Å². The summed E-state index contributed by atoms with van der Waals surface area (Å²) in [6, 6.07) is 1.52. The molecular formula is C11H14ClFN2O. The van der Waals surface area contributed by atoms with Gasteiger partial charge in [-0.05, 0) is 25.5 Å². The van der Waals surface area contributed by atoms with E-state index in [1.807, 2.05) is 0 Å². The molecule has 0 saturated carbocycles. The van der Waals surface area contributed by atoms with E-state index in [1.165, 1.54) is 12.3 Å². The smallest absolute Gasteiger partial charge is 0.216 e. The fourth-order valence-electron chi connectivity index (χ4n) is 2.05. The van der Waals surface area contributed by atoms with Crippen LogP contribution in [0.2, 0.25) is 5.02 Å². The molecule has 1 aromatic rings. The second kappa shape index (κ2) is 4.65. The van der Waals surface area contributed by atoms with E-state index in [4.69, 9.17) is 11.6 Å². The summed E-state index contributed by atoms with van der Waals surface area (Å²) in [5, 5.41) is 13.7. The third-order valence-electron chi connectivity index (χ3n) is 2.85. The van der Waals surface area contributed by atoms with Gasteiger partial charge >= 0.3 is 0 Å². The van der Waals surface area contributed by atoms with Crippen molar-refractivity contribution in [1.82, 2.24) is 10.3 Å². The predicted molar refractivity (Wildman–Crippen MR) is 60.0 cm³/mol. The molecule has 0 spiro atoms. The molecule has 0 radical (unpaired) electrons. The fourth-order valence-corrected chi connectivity index (χ4v) is 2.23. The van der Waals surface area contributed by atoms with Crippen LogP contribution in [0.3, 0.4) is 0 Å². The average Bonchev–Trinajstić information content (AvgIpc) is 2.24. The lowest BCUT2D eigenvalue weighted by Crippen LogP contribution is -2.47. The highest BCUT2D eigenvalue weighted by molar-refractivity contribution is 6.30. The molecule has 0 aromatic carbocycles. The standard InChI is InChI=1S/C11H14ClFN2O/c12-9-4-8(10(13)15-6-9)5-11(16)2-1-3-14-7-11/h4,6,14,16H,1-3,5,7H2. The maximum Gasteiger partial charge on any atom is 0.216 e. The van der Waals surface area contributed by atoms with E-state index in [1.54, 1.807) is 0 Å². The molecule has 2 N–H and O–H groups in total. The number of halogens is 2. The number of nitrogens with one attached hydrogen (secondary N) is 1. The average molecular weight is 245 g/mol. The van der Waals surface area contributed by atoms with E-state index in [-0.39, 0.29) is 6.42 Å². The minimum Gasteiger partial charge on any atom is -0.388 e. The van der Waals surface area contributed by atoms with Gasteiger partial charge in [0.15, 0.2) is 0 Å². The first-order valence-corrected chi connectivity index (χ1v) is 5.70. The molecule has 0 bridgehead atoms. The third kappa shape index (κ3) is 2.70. The molecule has 1 fully saturated rings. The van der Waals surface area contributed by atoms with Crippen LogP contribution in [0, 0.1) is 5.95 Å². The monoisotopic (exact) mass is 244 g/mol. The summed E-state index contributed by atoms with van der Waals surface area (Å²) < 4.78 is 13.4. The number of rotatable bonds is 2. The van der Waals surface area contributed by atoms with E-state index in [2.05, 4.69) is 10.3 Å². The van der Waals surface area contributed by atoms with Gasteiger partial charge in [-0.25, -0.2) is 4.98 Å². The van der Waals surface area contributed by atoms with Crippen LogP contribution in [0.1, 0.15) is 18.4 Å². The van der Waals surface area contributed by atoms with E-state index >= 15 is 0 Å². The lowest BCUT2D eigenvalue weighted by Gasteiger charge is -2.32. The molecule has 1 aliphatic heterocycles. The van der Waals surface area contributed by atoms with Crippen molar-refractivity contribution in [2.24, 2.45) is 0 Å². The van der Waals surface area contributed by atoms with Gasteiger partial charge < -0.3 is 10.4 Å². The minimum atomic E-state index is -0.883. The van der Waals surface area contributed by atoms with Crippen molar-refractivity contribution in [3.8, 4) is 0 Å². The maximum atomic E-state index is 13.4. The molecule has 2 rings (SSSR count). The van der Waals surface area contributed by atoms with Gasteiger partial charge in [0.2, 0.25) is 5.95 Å². The summed E-state index contributed by atoms with van der Waals surface area (Å²) >= 11 is 5.75. The zero-order chi connectivity index (χ0) is 11.6. The van der Waals surface area contributed by atoms with Crippen LogP contribution in [0.15, 0.2) is 12.3 Å². The first-order chi connectivity index (χ1) is 7.59. The van der Waals surface area contributed by atoms with Crippen molar-refractivity contribution in [1.29, 1.82) is 0 Å². The van der Waals surface area contributed by atoms with Crippen molar-refractivity contribution in [3.05, 3.63) is 28.8 Å². The summed E-state index contributed by atoms with van der Waals surface area (Å²) in [6.07, 6.45) is 3.08. The largest absolute Gasteiger partial charge is 0.388 e. The number of aromatic nitrogens is 1. The molecule has 88 valence electrons. The van der Waals surface area contributed by atoms with Gasteiger partial charge in [-0.1, -0.05) is 11.6 Å². The molecule has 0 aliphatic carbocycles. The Hall–Kier alpha value is -0.710. The van der Waals surface area contributed by atoms with E-state index in [9.17, 15) is 9.50 Å². The van der Waals surface area contributed by atoms with Crippen LogP contribution in [-0.4, -0.2) is 28.8 Å². The van der Waals surface area contributed by atoms with Crippen molar-refractivity contribution >= 4 is 11.6 Å². The number of hydrogen-bond acceptors (Lipinski definition) is 3. The highest BCUT2D eigenvalue weighted by Crippen LogP contribution is 2.23. The van der Waals surface area contributed by atoms with Crippen molar-refractivity contribution < 1.29 is 9.50 Å². The summed E-state index contributed by atoms with van der Waals surface area (Å²) in [4.78, 5) is 3.55. The normalized spacial score (nSPS) is 25.7. The first kappa shape index (κ1) is 11.8. The lowest BCUT2D eigenvalue weighted by atomic mass is 9.88. The van der Waals surface area contributed by atoms with Gasteiger partial charge in [0.25, 0.3) is 0 Å². The third-order valence-corrected chi connectivity index (χ3v) is 3.05. The van der Waals surface area contributed by atoms with E-state index < -0.39 is 11.5 Å². The number of pyridine rings is 1. The van der Waals surface area contributed by atoms with Crippen LogP contribution >= 0.6 is 11.6 Å². The van der Waals surface area contributed by atoms with Crippen molar-refractivity contribution in [2.45, 2.75) is 24.9 Å². The molecule has 3 nitrogen and oxygen atoms in total. The van der Waals surface area contributed by atoms with Gasteiger partial charge in [-0.3, -0.25) is 0 Å². The van der Waals surface area contributed by atoms with Crippen LogP contribution in [0.5, 0.6) is 0 Å². The Labute approximate surface area is 98.6 Å². The Morgan fingerprint density at radius 2 is 2.44 bits per heavy atom. The Morgan fingerprint density at radius 3 is 3.12 bits per heavy atom. The molecule has 1 atom stereocenters. The highest BCUT2D eigenvalue weighted by Gasteiger charge is 2.30. The summed E-state index contributed by atoms with van der Waals surface area (Å²) in [5.41, 5.74) is -0.510. The lowest BCUT2D eigenvalue weighted by molar-refractivity contribution is 0.0161. The Morgan fingerprint density at radius 1 is 1.62 bits per heavy atom. The van der Waals surface area contributed by atoms with Crippen LogP contribution in [-0.2, 0) is 6.42 Å². The van der Waals surface area contributed by atoms with Gasteiger partial charge in [0.05, 0.1) is 10.6 Å². The van der Waals surface area contributed by atoms with Crippen molar-refractivity contribution in [3.63, 3.8) is 0 Å². The Balaban J connectivity index is 2.15. The second-order valence-electron chi connectivity index (χ2n) is 4.28. The molecule has 1 unspecified atom stereocenters.